The van der Waals surface area contributed by atoms with Crippen molar-refractivity contribution in [2.24, 2.45) is 4.99 Å². The van der Waals surface area contributed by atoms with Crippen LogP contribution in [0.15, 0.2) is 65.9 Å². The Bertz CT molecular complexity index is 1770. The van der Waals surface area contributed by atoms with Crippen molar-refractivity contribution < 1.29 is 41.0 Å². The molecule has 1 aromatic heterocycles. The lowest BCUT2D eigenvalue weighted by molar-refractivity contribution is -0.274. The van der Waals surface area contributed by atoms with Gasteiger partial charge in [0, 0.05) is 18.2 Å². The molecule has 5 rings (SSSR count). The third-order valence-electron chi connectivity index (χ3n) is 6.54. The molecule has 45 heavy (non-hydrogen) atoms. The minimum absolute atomic E-state index is 0.00338. The Hall–Kier alpha value is -4.83. The van der Waals surface area contributed by atoms with Crippen molar-refractivity contribution in [1.82, 2.24) is 14.8 Å². The second-order valence-corrected chi connectivity index (χ2v) is 10.6. The van der Waals surface area contributed by atoms with Crippen LogP contribution in [0.3, 0.4) is 0 Å². The van der Waals surface area contributed by atoms with Crippen molar-refractivity contribution in [3.8, 4) is 22.8 Å². The largest absolute Gasteiger partial charge is 0.573 e. The van der Waals surface area contributed by atoms with Crippen LogP contribution < -0.4 is 15.0 Å². The first kappa shape index (κ1) is 31.6. The fourth-order valence-corrected chi connectivity index (χ4v) is 5.22. The number of anilines is 2. The Balaban J connectivity index is 1.35. The van der Waals surface area contributed by atoms with Crippen LogP contribution in [-0.4, -0.2) is 51.1 Å². The van der Waals surface area contributed by atoms with Gasteiger partial charge in [-0.3, -0.25) is 9.69 Å². The predicted octanol–water partition coefficient (Wildman–Crippen LogP) is 6.79. The van der Waals surface area contributed by atoms with E-state index in [0.717, 1.165) is 41.6 Å². The van der Waals surface area contributed by atoms with Crippen molar-refractivity contribution in [2.45, 2.75) is 26.3 Å². The van der Waals surface area contributed by atoms with E-state index in [4.69, 9.17) is 4.74 Å². The van der Waals surface area contributed by atoms with Crippen LogP contribution in [0, 0.1) is 18.6 Å². The number of carbonyl (C=O) groups is 2. The number of amidine groups is 1. The van der Waals surface area contributed by atoms with Crippen LogP contribution in [0.2, 0.25) is 0 Å². The first-order chi connectivity index (χ1) is 21.3. The molecule has 1 aliphatic rings. The molecule has 1 fully saturated rings. The van der Waals surface area contributed by atoms with E-state index >= 15 is 8.78 Å². The smallest absolute Gasteiger partial charge is 0.406 e. The predicted molar refractivity (Wildman–Crippen MR) is 156 cm³/mol. The maximum atomic E-state index is 15.1. The molecule has 0 bridgehead atoms. The third kappa shape index (κ3) is 7.12. The number of amides is 3. The zero-order chi connectivity index (χ0) is 32.5. The molecule has 0 radical (unpaired) electrons. The average Bonchev–Trinajstić information content (AvgIpc) is 3.61. The Labute approximate surface area is 256 Å². The molecule has 0 saturated carbocycles. The molecule has 1 atom stereocenters. The first-order valence-electron chi connectivity index (χ1n) is 13.1. The number of nitrogens with zero attached hydrogens (tertiary/aromatic N) is 5. The van der Waals surface area contributed by atoms with E-state index in [1.807, 2.05) is 13.0 Å². The van der Waals surface area contributed by atoms with Crippen molar-refractivity contribution >= 4 is 40.2 Å². The number of aromatic nitrogens is 3. The summed E-state index contributed by atoms with van der Waals surface area (Å²) >= 11 is 0.999. The molecule has 0 spiro atoms. The van der Waals surface area contributed by atoms with Gasteiger partial charge in [-0.2, -0.15) is 4.99 Å². The van der Waals surface area contributed by atoms with Crippen molar-refractivity contribution in [3.63, 3.8) is 0 Å². The molecule has 0 aliphatic carbocycles. The number of aryl methyl sites for hydroxylation is 1. The van der Waals surface area contributed by atoms with E-state index in [1.165, 1.54) is 35.2 Å². The monoisotopic (exact) mass is 646 g/mol. The Kier molecular flexibility index (Phi) is 8.88. The topological polar surface area (TPSA) is 111 Å². The molecule has 3 amide bonds. The van der Waals surface area contributed by atoms with Gasteiger partial charge in [-0.1, -0.05) is 23.9 Å². The van der Waals surface area contributed by atoms with Crippen LogP contribution in [0.4, 0.5) is 38.1 Å². The highest BCUT2D eigenvalue weighted by Gasteiger charge is 2.33. The number of ether oxygens (including phenoxy) is 2. The molecule has 10 nitrogen and oxygen atoms in total. The summed E-state index contributed by atoms with van der Waals surface area (Å²) in [6, 6.07) is 10.8. The van der Waals surface area contributed by atoms with Gasteiger partial charge < -0.3 is 14.8 Å². The summed E-state index contributed by atoms with van der Waals surface area (Å²) in [7, 11) is 1.52. The highest BCUT2D eigenvalue weighted by atomic mass is 32.2. The molecule has 1 unspecified atom stereocenters. The van der Waals surface area contributed by atoms with Crippen LogP contribution in [0.25, 0.3) is 17.1 Å². The maximum absolute atomic E-state index is 15.1. The Morgan fingerprint density at radius 3 is 2.42 bits per heavy atom. The number of hydrogen-bond donors (Lipinski definition) is 1. The van der Waals surface area contributed by atoms with Crippen LogP contribution in [-0.2, 0) is 9.53 Å². The minimum atomic E-state index is -4.85. The molecular formula is C29H23F5N6O4S. The molecule has 3 aromatic carbocycles. The van der Waals surface area contributed by atoms with Crippen LogP contribution >= 0.6 is 11.8 Å². The van der Waals surface area contributed by atoms with Crippen molar-refractivity contribution in [1.29, 1.82) is 0 Å². The Morgan fingerprint density at radius 1 is 1.09 bits per heavy atom. The van der Waals surface area contributed by atoms with Gasteiger partial charge in [-0.25, -0.2) is 23.2 Å². The van der Waals surface area contributed by atoms with Gasteiger partial charge >= 0.3 is 12.4 Å². The van der Waals surface area contributed by atoms with Crippen LogP contribution in [0.5, 0.6) is 5.75 Å². The highest BCUT2D eigenvalue weighted by molar-refractivity contribution is 8.15. The summed E-state index contributed by atoms with van der Waals surface area (Å²) in [6.07, 6.45) is -4.02. The fourth-order valence-electron chi connectivity index (χ4n) is 4.36. The van der Waals surface area contributed by atoms with Gasteiger partial charge in [0.25, 0.3) is 0 Å². The number of hydrogen-bond acceptors (Lipinski definition) is 7. The van der Waals surface area contributed by atoms with Gasteiger partial charge in [0.2, 0.25) is 5.91 Å². The molecule has 16 heteroatoms. The number of rotatable bonds is 7. The summed E-state index contributed by atoms with van der Waals surface area (Å²) in [5.74, 6) is -3.16. The van der Waals surface area contributed by atoms with Gasteiger partial charge in [-0.15, -0.1) is 18.3 Å². The number of methoxy groups -OCH3 is 1. The van der Waals surface area contributed by atoms with Gasteiger partial charge in [0.1, 0.15) is 17.8 Å². The second-order valence-electron chi connectivity index (χ2n) is 9.65. The van der Waals surface area contributed by atoms with Gasteiger partial charge in [0.15, 0.2) is 22.6 Å². The lowest BCUT2D eigenvalue weighted by Gasteiger charge is -2.23. The number of thioether (sulfide) groups is 1. The molecule has 2 heterocycles. The average molecular weight is 647 g/mol. The lowest BCUT2D eigenvalue weighted by Crippen LogP contribution is -2.31. The summed E-state index contributed by atoms with van der Waals surface area (Å²) < 4.78 is 77.8. The lowest BCUT2D eigenvalue weighted by atomic mass is 10.0. The SMILES string of the molecule is COC(C)c1ccc(C)cc1N1C(=O)CSC1=NC(=O)Nc1c(F)cc(-c2ncn(-c3ccc(OC(F)(F)F)cc3)n2)cc1F. The molecule has 1 N–H and O–H groups in total. The number of aliphatic imine (C=N–C) groups is 1. The standard InChI is InChI=1S/C29H23F5N6O4S/c1-15-4-9-20(16(2)43-3)23(10-15)40-24(41)13-45-28(40)37-27(42)36-25-21(30)11-17(12-22(25)31)26-35-14-39(38-26)18-5-7-19(8-6-18)44-29(32,33)34/h4-12,14,16H,13H2,1-3H3,(H,36,42). The van der Waals surface area contributed by atoms with E-state index in [0.29, 0.717) is 16.9 Å². The van der Waals surface area contributed by atoms with Crippen LogP contribution in [0.1, 0.15) is 24.2 Å². The van der Waals surface area contributed by atoms with E-state index in [2.05, 4.69) is 25.1 Å². The summed E-state index contributed by atoms with van der Waals surface area (Å²) in [4.78, 5) is 34.8. The summed E-state index contributed by atoms with van der Waals surface area (Å²) in [5.41, 5.74) is 1.46. The number of halogens is 5. The molecule has 1 aliphatic heterocycles. The summed E-state index contributed by atoms with van der Waals surface area (Å²) in [5, 5.41) is 6.24. The number of nitrogens with one attached hydrogen (secondary N) is 1. The van der Waals surface area contributed by atoms with E-state index in [1.54, 1.807) is 19.1 Å². The van der Waals surface area contributed by atoms with Gasteiger partial charge in [-0.05, 0) is 61.9 Å². The Morgan fingerprint density at radius 2 is 1.78 bits per heavy atom. The molecule has 4 aromatic rings. The molecule has 234 valence electrons. The normalized spacial score (nSPS) is 15.1. The minimum Gasteiger partial charge on any atom is -0.406 e. The maximum Gasteiger partial charge on any atom is 0.573 e. The molecular weight excluding hydrogens is 623 g/mol. The number of carbonyl (C=O) groups excluding carboxylic acids is 2. The zero-order valence-corrected chi connectivity index (χ0v) is 24.5. The van der Waals surface area contributed by atoms with Crippen molar-refractivity contribution in [3.05, 3.63) is 83.7 Å². The quantitative estimate of drug-likeness (QED) is 0.220. The van der Waals surface area contributed by atoms with E-state index in [9.17, 15) is 22.8 Å². The number of alkyl halides is 3. The zero-order valence-electron chi connectivity index (χ0n) is 23.7. The highest BCUT2D eigenvalue weighted by Crippen LogP contribution is 2.35. The first-order valence-corrected chi connectivity index (χ1v) is 14.1. The number of benzene rings is 3. The van der Waals surface area contributed by atoms with Crippen molar-refractivity contribution in [2.75, 3.05) is 23.1 Å². The third-order valence-corrected chi connectivity index (χ3v) is 7.46. The number of urea groups is 1. The van der Waals surface area contributed by atoms with Gasteiger partial charge in [0.05, 0.1) is 23.2 Å². The summed E-state index contributed by atoms with van der Waals surface area (Å²) in [6.45, 7) is 3.64. The van der Waals surface area contributed by atoms with E-state index < -0.39 is 35.5 Å². The molecule has 1 saturated heterocycles. The van der Waals surface area contributed by atoms with E-state index in [-0.39, 0.29) is 34.3 Å². The second kappa shape index (κ2) is 12.6. The fraction of sp³-hybridized carbons (Fsp3) is 0.207.